The maximum absolute atomic E-state index is 13.0. The maximum Gasteiger partial charge on any atom is 0.305 e. The number of amides is 1. The molecule has 1 saturated heterocycles. The van der Waals surface area contributed by atoms with Crippen molar-refractivity contribution in [2.24, 2.45) is 0 Å². The Morgan fingerprint density at radius 2 is 0.909 bits per heavy atom. The highest BCUT2D eigenvalue weighted by Crippen LogP contribution is 2.23. The minimum absolute atomic E-state index is 0.000373. The first-order valence-corrected chi connectivity index (χ1v) is 32.1. The third kappa shape index (κ3) is 44.8. The van der Waals surface area contributed by atoms with Gasteiger partial charge in [0.25, 0.3) is 0 Å². The van der Waals surface area contributed by atoms with Gasteiger partial charge in [-0.25, -0.2) is 0 Å². The van der Waals surface area contributed by atoms with Crippen LogP contribution in [0.2, 0.25) is 0 Å². The second kappa shape index (κ2) is 55.3. The zero-order valence-corrected chi connectivity index (χ0v) is 49.4. The smallest absolute Gasteiger partial charge is 0.305 e. The molecule has 1 aliphatic heterocycles. The summed E-state index contributed by atoms with van der Waals surface area (Å²) < 4.78 is 16.7. The van der Waals surface area contributed by atoms with E-state index in [1.807, 2.05) is 6.08 Å². The standard InChI is InChI=1S/C66H119NO10/c1-3-5-7-9-11-13-32-36-40-44-48-52-59(69)58(57-76-66-65(74)64(73)63(72)60(56-68)77-66)67-61(70)53-49-45-41-37-34-30-28-26-24-22-20-18-16-15-17-19-21-23-25-27-29-31-35-39-43-47-51-55-75-62(71)54-50-46-42-38-33-14-12-10-8-6-4-2/h7,9,15-16,19,21,32,36,48,52,58-60,63-66,68-69,72-74H,3-6,8,10-14,17-18,20,22-31,33-35,37-47,49-51,53-57H2,1-2H3,(H,67,70)/b9-7+,16-15-,21-19-,36-32+,52-48+. The Morgan fingerprint density at radius 3 is 1.40 bits per heavy atom. The fourth-order valence-electron chi connectivity index (χ4n) is 9.74. The zero-order valence-electron chi connectivity index (χ0n) is 49.4. The molecule has 0 bridgehead atoms. The summed E-state index contributed by atoms with van der Waals surface area (Å²) in [4.78, 5) is 25.0. The van der Waals surface area contributed by atoms with Crippen molar-refractivity contribution in [2.75, 3.05) is 19.8 Å². The highest BCUT2D eigenvalue weighted by Gasteiger charge is 2.44. The first-order chi connectivity index (χ1) is 37.7. The molecule has 448 valence electrons. The molecule has 0 aliphatic carbocycles. The van der Waals surface area contributed by atoms with Crippen LogP contribution in [0.25, 0.3) is 0 Å². The van der Waals surface area contributed by atoms with E-state index in [1.54, 1.807) is 6.08 Å². The van der Waals surface area contributed by atoms with Crippen molar-refractivity contribution in [1.29, 1.82) is 0 Å². The lowest BCUT2D eigenvalue weighted by Gasteiger charge is -2.40. The molecular weight excluding hydrogens is 967 g/mol. The van der Waals surface area contributed by atoms with Crippen molar-refractivity contribution in [3.05, 3.63) is 60.8 Å². The van der Waals surface area contributed by atoms with Crippen LogP contribution in [-0.2, 0) is 23.8 Å². The van der Waals surface area contributed by atoms with Gasteiger partial charge in [-0.15, -0.1) is 0 Å². The molecule has 1 aliphatic rings. The number of esters is 1. The van der Waals surface area contributed by atoms with Gasteiger partial charge in [-0.1, -0.05) is 248 Å². The molecule has 11 heteroatoms. The lowest BCUT2D eigenvalue weighted by Crippen LogP contribution is -2.60. The van der Waals surface area contributed by atoms with Gasteiger partial charge in [-0.05, 0) is 83.5 Å². The van der Waals surface area contributed by atoms with Crippen LogP contribution in [0.5, 0.6) is 0 Å². The SMILES string of the molecule is CCC/C=C/CC/C=C/CC/C=C/C(O)C(COC1OC(CO)C(O)C(O)C1O)NC(=O)CCCCCCCCCCCCC/C=C\C/C=C\CCCCCCCCCCCOC(=O)CCCCCCCCCCCCC. The number of unbranched alkanes of at least 4 members (excludes halogenated alkanes) is 33. The first-order valence-electron chi connectivity index (χ1n) is 32.1. The van der Waals surface area contributed by atoms with Gasteiger partial charge in [-0.3, -0.25) is 9.59 Å². The molecule has 1 heterocycles. The van der Waals surface area contributed by atoms with E-state index < -0.39 is 49.5 Å². The second-order valence-corrected chi connectivity index (χ2v) is 22.1. The maximum atomic E-state index is 13.0. The summed E-state index contributed by atoms with van der Waals surface area (Å²) in [6, 6.07) is -0.837. The monoisotopic (exact) mass is 1090 g/mol. The molecule has 1 rings (SSSR count). The number of hydrogen-bond donors (Lipinski definition) is 6. The van der Waals surface area contributed by atoms with E-state index in [1.165, 1.54) is 167 Å². The van der Waals surface area contributed by atoms with Crippen molar-refractivity contribution in [2.45, 2.75) is 326 Å². The van der Waals surface area contributed by atoms with E-state index in [4.69, 9.17) is 14.2 Å². The molecule has 77 heavy (non-hydrogen) atoms. The minimum Gasteiger partial charge on any atom is -0.466 e. The van der Waals surface area contributed by atoms with Gasteiger partial charge >= 0.3 is 5.97 Å². The van der Waals surface area contributed by atoms with Crippen molar-refractivity contribution in [1.82, 2.24) is 5.32 Å². The molecule has 1 amide bonds. The Hall–Kier alpha value is -2.64. The van der Waals surface area contributed by atoms with Crippen LogP contribution < -0.4 is 5.32 Å². The summed E-state index contributed by atoms with van der Waals surface area (Å²) in [7, 11) is 0. The third-order valence-corrected chi connectivity index (χ3v) is 14.8. The largest absolute Gasteiger partial charge is 0.466 e. The van der Waals surface area contributed by atoms with Crippen LogP contribution in [0.4, 0.5) is 0 Å². The molecule has 0 aromatic heterocycles. The van der Waals surface area contributed by atoms with Crippen LogP contribution in [0.15, 0.2) is 60.8 Å². The molecule has 0 aromatic carbocycles. The van der Waals surface area contributed by atoms with Crippen molar-refractivity contribution < 1.29 is 49.3 Å². The fourth-order valence-corrected chi connectivity index (χ4v) is 9.74. The topological polar surface area (TPSA) is 175 Å². The number of nitrogens with one attached hydrogen (secondary N) is 1. The molecule has 0 spiro atoms. The van der Waals surface area contributed by atoms with Gasteiger partial charge in [0.2, 0.25) is 5.91 Å². The van der Waals surface area contributed by atoms with E-state index in [9.17, 15) is 35.1 Å². The Morgan fingerprint density at radius 1 is 0.481 bits per heavy atom. The van der Waals surface area contributed by atoms with Crippen molar-refractivity contribution in [3.63, 3.8) is 0 Å². The molecular formula is C66H119NO10. The number of rotatable bonds is 55. The second-order valence-electron chi connectivity index (χ2n) is 22.1. The molecule has 0 aromatic rings. The molecule has 0 radical (unpaired) electrons. The van der Waals surface area contributed by atoms with Crippen LogP contribution in [0.3, 0.4) is 0 Å². The quantitative estimate of drug-likeness (QED) is 0.0195. The molecule has 7 atom stereocenters. The van der Waals surface area contributed by atoms with Crippen LogP contribution in [0, 0.1) is 0 Å². The highest BCUT2D eigenvalue weighted by molar-refractivity contribution is 5.76. The normalized spacial score (nSPS) is 19.0. The molecule has 6 N–H and O–H groups in total. The van der Waals surface area contributed by atoms with E-state index >= 15 is 0 Å². The van der Waals surface area contributed by atoms with Gasteiger partial charge in [0.05, 0.1) is 32.0 Å². The van der Waals surface area contributed by atoms with Crippen LogP contribution in [0.1, 0.15) is 284 Å². The number of allylic oxidation sites excluding steroid dienone is 9. The van der Waals surface area contributed by atoms with Crippen molar-refractivity contribution >= 4 is 11.9 Å². The predicted octanol–water partition coefficient (Wildman–Crippen LogP) is 15.4. The molecule has 7 unspecified atom stereocenters. The van der Waals surface area contributed by atoms with E-state index in [-0.39, 0.29) is 18.5 Å². The number of ether oxygens (including phenoxy) is 3. The molecule has 1 fully saturated rings. The van der Waals surface area contributed by atoms with Crippen molar-refractivity contribution in [3.8, 4) is 0 Å². The Labute approximate surface area is 471 Å². The van der Waals surface area contributed by atoms with Gasteiger partial charge < -0.3 is 45.1 Å². The number of carbonyl (C=O) groups is 2. The number of carbonyl (C=O) groups excluding carboxylic acids is 2. The summed E-state index contributed by atoms with van der Waals surface area (Å²) in [5, 5.41) is 54.3. The van der Waals surface area contributed by atoms with Crippen LogP contribution in [-0.4, -0.2) is 100 Å². The number of aliphatic hydroxyl groups is 5. The highest BCUT2D eigenvalue weighted by atomic mass is 16.7. The van der Waals surface area contributed by atoms with Gasteiger partial charge in [0.1, 0.15) is 24.4 Å². The summed E-state index contributed by atoms with van der Waals surface area (Å²) in [6.45, 7) is 4.24. The molecule has 11 nitrogen and oxygen atoms in total. The van der Waals surface area contributed by atoms with Gasteiger partial charge in [0, 0.05) is 12.8 Å². The first kappa shape index (κ1) is 72.4. The summed E-state index contributed by atoms with van der Waals surface area (Å²) >= 11 is 0. The average Bonchev–Trinajstić information content (AvgIpc) is 3.43. The molecule has 0 saturated carbocycles. The third-order valence-electron chi connectivity index (χ3n) is 14.8. The average molecular weight is 1090 g/mol. The zero-order chi connectivity index (χ0) is 55.9. The van der Waals surface area contributed by atoms with Crippen LogP contribution >= 0.6 is 0 Å². The van der Waals surface area contributed by atoms with Gasteiger partial charge in [-0.2, -0.15) is 0 Å². The van der Waals surface area contributed by atoms with E-state index in [0.717, 1.165) is 89.9 Å². The lowest BCUT2D eigenvalue weighted by molar-refractivity contribution is -0.302. The summed E-state index contributed by atoms with van der Waals surface area (Å²) in [5.41, 5.74) is 0. The Bertz CT molecular complexity index is 1460. The van der Waals surface area contributed by atoms with Gasteiger partial charge in [0.15, 0.2) is 6.29 Å². The van der Waals surface area contributed by atoms with E-state index in [2.05, 4.69) is 67.8 Å². The number of hydrogen-bond acceptors (Lipinski definition) is 10. The van der Waals surface area contributed by atoms with E-state index in [0.29, 0.717) is 19.4 Å². The Kier molecular flexibility index (Phi) is 52.0. The number of aliphatic hydroxyl groups excluding tert-OH is 5. The summed E-state index contributed by atoms with van der Waals surface area (Å²) in [6.07, 6.45) is 62.0. The summed E-state index contributed by atoms with van der Waals surface area (Å²) in [5.74, 6) is -0.202. The predicted molar refractivity (Wildman–Crippen MR) is 320 cm³/mol. The minimum atomic E-state index is -1.58. The fraction of sp³-hybridized carbons (Fsp3) is 0.818. The Balaban J connectivity index is 2.02. The lowest BCUT2D eigenvalue weighted by atomic mass is 9.99.